The van der Waals surface area contributed by atoms with E-state index in [4.69, 9.17) is 4.84 Å². The summed E-state index contributed by atoms with van der Waals surface area (Å²) >= 11 is 0. The first kappa shape index (κ1) is 11.4. The SMILES string of the molecule is CC(=O)NOCc1cccc2ccc(O)cc12. The average molecular weight is 231 g/mol. The van der Waals surface area contributed by atoms with Gasteiger partial charge in [0.25, 0.3) is 0 Å². The topological polar surface area (TPSA) is 58.6 Å². The number of benzene rings is 2. The Labute approximate surface area is 98.8 Å². The van der Waals surface area contributed by atoms with E-state index in [1.807, 2.05) is 24.3 Å². The predicted octanol–water partition coefficient (Wildman–Crippen LogP) is 2.11. The van der Waals surface area contributed by atoms with Crippen molar-refractivity contribution in [3.63, 3.8) is 0 Å². The van der Waals surface area contributed by atoms with Gasteiger partial charge in [-0.25, -0.2) is 5.48 Å². The summed E-state index contributed by atoms with van der Waals surface area (Å²) in [5.41, 5.74) is 3.18. The predicted molar refractivity (Wildman–Crippen MR) is 64.2 cm³/mol. The molecule has 0 aliphatic carbocycles. The van der Waals surface area contributed by atoms with E-state index < -0.39 is 0 Å². The molecule has 0 radical (unpaired) electrons. The zero-order valence-corrected chi connectivity index (χ0v) is 9.43. The molecule has 2 aromatic carbocycles. The Bertz CT molecular complexity index is 551. The van der Waals surface area contributed by atoms with E-state index >= 15 is 0 Å². The molecule has 0 saturated heterocycles. The van der Waals surface area contributed by atoms with Crippen LogP contribution in [0, 0.1) is 0 Å². The molecule has 0 bridgehead atoms. The third-order valence-electron chi connectivity index (χ3n) is 2.40. The van der Waals surface area contributed by atoms with Gasteiger partial charge >= 0.3 is 0 Å². The van der Waals surface area contributed by atoms with Gasteiger partial charge in [-0.3, -0.25) is 9.63 Å². The molecular weight excluding hydrogens is 218 g/mol. The Hall–Kier alpha value is -2.07. The zero-order valence-electron chi connectivity index (χ0n) is 9.43. The number of aromatic hydroxyl groups is 1. The van der Waals surface area contributed by atoms with Gasteiger partial charge in [-0.1, -0.05) is 24.3 Å². The van der Waals surface area contributed by atoms with Crippen molar-refractivity contribution in [3.05, 3.63) is 42.0 Å². The largest absolute Gasteiger partial charge is 0.508 e. The van der Waals surface area contributed by atoms with Crippen LogP contribution in [0.15, 0.2) is 36.4 Å². The fourth-order valence-corrected chi connectivity index (χ4v) is 1.67. The van der Waals surface area contributed by atoms with Crippen molar-refractivity contribution in [2.45, 2.75) is 13.5 Å². The van der Waals surface area contributed by atoms with E-state index in [0.29, 0.717) is 0 Å². The Kier molecular flexibility index (Phi) is 3.25. The lowest BCUT2D eigenvalue weighted by Gasteiger charge is -2.07. The fraction of sp³-hybridized carbons (Fsp3) is 0.154. The van der Waals surface area contributed by atoms with Crippen molar-refractivity contribution < 1.29 is 14.7 Å². The van der Waals surface area contributed by atoms with Crippen LogP contribution in [0.4, 0.5) is 0 Å². The number of phenolic OH excluding ortho intramolecular Hbond substituents is 1. The second kappa shape index (κ2) is 4.84. The molecule has 0 spiro atoms. The van der Waals surface area contributed by atoms with Crippen molar-refractivity contribution in [2.24, 2.45) is 0 Å². The van der Waals surface area contributed by atoms with Gasteiger partial charge in [0, 0.05) is 6.92 Å². The molecule has 0 atom stereocenters. The van der Waals surface area contributed by atoms with Crippen LogP contribution in [0.25, 0.3) is 10.8 Å². The Morgan fingerprint density at radius 3 is 2.94 bits per heavy atom. The summed E-state index contributed by atoms with van der Waals surface area (Å²) in [6.07, 6.45) is 0. The number of carbonyl (C=O) groups is 1. The fourth-order valence-electron chi connectivity index (χ4n) is 1.67. The van der Waals surface area contributed by atoms with E-state index in [0.717, 1.165) is 16.3 Å². The van der Waals surface area contributed by atoms with Crippen LogP contribution in [0.5, 0.6) is 5.75 Å². The van der Waals surface area contributed by atoms with Gasteiger partial charge in [-0.05, 0) is 28.5 Å². The summed E-state index contributed by atoms with van der Waals surface area (Å²) in [6, 6.07) is 10.9. The summed E-state index contributed by atoms with van der Waals surface area (Å²) < 4.78 is 0. The van der Waals surface area contributed by atoms with Gasteiger partial charge < -0.3 is 5.11 Å². The number of amides is 1. The standard InChI is InChI=1S/C13H13NO3/c1-9(15)14-17-8-11-4-2-3-10-5-6-12(16)7-13(10)11/h2-7,16H,8H2,1H3,(H,14,15). The second-order valence-corrected chi connectivity index (χ2v) is 3.77. The second-order valence-electron chi connectivity index (χ2n) is 3.77. The molecule has 2 aromatic rings. The van der Waals surface area contributed by atoms with Crippen molar-refractivity contribution in [2.75, 3.05) is 0 Å². The monoisotopic (exact) mass is 231 g/mol. The average Bonchev–Trinajstić information content (AvgIpc) is 2.29. The van der Waals surface area contributed by atoms with E-state index in [1.54, 1.807) is 12.1 Å². The van der Waals surface area contributed by atoms with Gasteiger partial charge in [-0.2, -0.15) is 0 Å². The first-order valence-electron chi connectivity index (χ1n) is 5.26. The van der Waals surface area contributed by atoms with Crippen LogP contribution >= 0.6 is 0 Å². The number of hydrogen-bond acceptors (Lipinski definition) is 3. The van der Waals surface area contributed by atoms with Gasteiger partial charge in [-0.15, -0.1) is 0 Å². The summed E-state index contributed by atoms with van der Waals surface area (Å²) in [6.45, 7) is 1.65. The number of nitrogens with one attached hydrogen (secondary N) is 1. The number of carbonyl (C=O) groups excluding carboxylic acids is 1. The highest BCUT2D eigenvalue weighted by atomic mass is 16.6. The minimum absolute atomic E-state index is 0.212. The van der Waals surface area contributed by atoms with Crippen LogP contribution < -0.4 is 5.48 Å². The first-order chi connectivity index (χ1) is 8.16. The lowest BCUT2D eigenvalue weighted by molar-refractivity contribution is -0.132. The molecule has 88 valence electrons. The molecule has 4 heteroatoms. The highest BCUT2D eigenvalue weighted by molar-refractivity contribution is 5.86. The maximum Gasteiger partial charge on any atom is 0.240 e. The molecule has 17 heavy (non-hydrogen) atoms. The molecule has 0 heterocycles. The Morgan fingerprint density at radius 1 is 1.35 bits per heavy atom. The number of hydrogen-bond donors (Lipinski definition) is 2. The van der Waals surface area contributed by atoms with E-state index in [1.165, 1.54) is 6.92 Å². The van der Waals surface area contributed by atoms with Crippen LogP contribution in [0.3, 0.4) is 0 Å². The first-order valence-corrected chi connectivity index (χ1v) is 5.26. The van der Waals surface area contributed by atoms with Crippen LogP contribution in [0.2, 0.25) is 0 Å². The number of fused-ring (bicyclic) bond motifs is 1. The van der Waals surface area contributed by atoms with Crippen LogP contribution in [-0.2, 0) is 16.2 Å². The maximum absolute atomic E-state index is 10.7. The molecule has 2 N–H and O–H groups in total. The molecule has 0 aliphatic rings. The highest BCUT2D eigenvalue weighted by Crippen LogP contribution is 2.23. The third kappa shape index (κ3) is 2.73. The summed E-state index contributed by atoms with van der Waals surface area (Å²) in [7, 11) is 0. The quantitative estimate of drug-likeness (QED) is 0.795. The summed E-state index contributed by atoms with van der Waals surface area (Å²) in [4.78, 5) is 15.7. The van der Waals surface area contributed by atoms with Gasteiger partial charge in [0.05, 0.1) is 0 Å². The molecule has 0 aliphatic heterocycles. The summed E-state index contributed by atoms with van der Waals surface area (Å²) in [5.74, 6) is -0.0300. The lowest BCUT2D eigenvalue weighted by atomic mass is 10.0. The Morgan fingerprint density at radius 2 is 2.18 bits per heavy atom. The summed E-state index contributed by atoms with van der Waals surface area (Å²) in [5, 5.41) is 11.4. The molecular formula is C13H13NO3. The van der Waals surface area contributed by atoms with E-state index in [-0.39, 0.29) is 18.3 Å². The van der Waals surface area contributed by atoms with E-state index in [2.05, 4.69) is 5.48 Å². The normalized spacial score (nSPS) is 10.4. The van der Waals surface area contributed by atoms with Gasteiger partial charge in [0.1, 0.15) is 12.4 Å². The molecule has 1 amide bonds. The Balaban J connectivity index is 2.27. The molecule has 0 aromatic heterocycles. The third-order valence-corrected chi connectivity index (χ3v) is 2.40. The van der Waals surface area contributed by atoms with E-state index in [9.17, 15) is 9.90 Å². The zero-order chi connectivity index (χ0) is 12.3. The molecule has 0 unspecified atom stereocenters. The number of rotatable bonds is 3. The van der Waals surface area contributed by atoms with Gasteiger partial charge in [0.2, 0.25) is 5.91 Å². The minimum atomic E-state index is -0.243. The van der Waals surface area contributed by atoms with Crippen molar-refractivity contribution in [3.8, 4) is 5.75 Å². The van der Waals surface area contributed by atoms with Gasteiger partial charge in [0.15, 0.2) is 0 Å². The van der Waals surface area contributed by atoms with Crippen LogP contribution in [-0.4, -0.2) is 11.0 Å². The number of phenols is 1. The van der Waals surface area contributed by atoms with Crippen molar-refractivity contribution >= 4 is 16.7 Å². The lowest BCUT2D eigenvalue weighted by Crippen LogP contribution is -2.19. The molecule has 2 rings (SSSR count). The molecule has 0 fully saturated rings. The smallest absolute Gasteiger partial charge is 0.240 e. The molecule has 4 nitrogen and oxygen atoms in total. The molecule has 0 saturated carbocycles. The highest BCUT2D eigenvalue weighted by Gasteiger charge is 2.02. The number of hydroxylamine groups is 1. The van der Waals surface area contributed by atoms with Crippen molar-refractivity contribution in [1.29, 1.82) is 0 Å². The maximum atomic E-state index is 10.7. The van der Waals surface area contributed by atoms with Crippen molar-refractivity contribution in [1.82, 2.24) is 5.48 Å². The minimum Gasteiger partial charge on any atom is -0.508 e. The van der Waals surface area contributed by atoms with Crippen LogP contribution in [0.1, 0.15) is 12.5 Å².